The Morgan fingerprint density at radius 3 is 1.68 bits per heavy atom. The van der Waals surface area contributed by atoms with Gasteiger partial charge in [-0.15, -0.1) is 12.4 Å². The number of aliphatic carboxylic acids is 1. The van der Waals surface area contributed by atoms with Gasteiger partial charge >= 0.3 is 43.7 Å². The molecule has 0 aliphatic carbocycles. The van der Waals surface area contributed by atoms with Crippen molar-refractivity contribution in [3.63, 3.8) is 0 Å². The molecule has 0 aromatic carbocycles. The molecular weight excluding hydrogens is 324 g/mol. The zero-order valence-electron chi connectivity index (χ0n) is 16.5. The molecule has 0 fully saturated rings. The van der Waals surface area contributed by atoms with Crippen LogP contribution in [0.1, 0.15) is 99.7 Å². The summed E-state index contributed by atoms with van der Waals surface area (Å²) >= 11 is 0. The van der Waals surface area contributed by atoms with E-state index in [2.05, 4.69) is 19.1 Å². The fourth-order valence-electron chi connectivity index (χ4n) is 2.35. The maximum atomic E-state index is 10.3. The van der Waals surface area contributed by atoms with Gasteiger partial charge in [-0.05, 0) is 32.1 Å². The molecule has 0 heterocycles. The molecule has 0 saturated carbocycles. The van der Waals surface area contributed by atoms with Gasteiger partial charge in [0.25, 0.3) is 0 Å². The van der Waals surface area contributed by atoms with Gasteiger partial charge in [-0.2, -0.15) is 0 Å². The first-order chi connectivity index (χ1) is 9.77. The van der Waals surface area contributed by atoms with Crippen LogP contribution in [-0.4, -0.2) is 48.8 Å². The molecule has 0 atom stereocenters. The van der Waals surface area contributed by atoms with Gasteiger partial charge in [0.15, 0.2) is 0 Å². The van der Waals surface area contributed by atoms with Crippen LogP contribution in [0.25, 0.3) is 0 Å². The van der Waals surface area contributed by atoms with E-state index in [1.54, 1.807) is 0 Å². The summed E-state index contributed by atoms with van der Waals surface area (Å²) in [5.41, 5.74) is 0. The Morgan fingerprint density at radius 2 is 1.23 bits per heavy atom. The summed E-state index contributed by atoms with van der Waals surface area (Å²) in [6, 6.07) is 0. The van der Waals surface area contributed by atoms with E-state index in [0.717, 1.165) is 12.8 Å². The average molecular weight is 361 g/mol. The third-order valence-electron chi connectivity index (χ3n) is 3.65. The molecule has 0 aromatic rings. The minimum Gasteiger partial charge on any atom is -1.00 e. The number of hydrogen-bond donors (Lipinski definition) is 1. The number of carboxylic acids is 1. The van der Waals surface area contributed by atoms with Crippen LogP contribution >= 0.6 is 12.4 Å². The second-order valence-corrected chi connectivity index (χ2v) is 5.73. The Morgan fingerprint density at radius 1 is 0.818 bits per heavy atom. The molecule has 0 aromatic heterocycles. The van der Waals surface area contributed by atoms with Crippen LogP contribution in [0.3, 0.4) is 0 Å². The topological polar surface area (TPSA) is 37.3 Å². The van der Waals surface area contributed by atoms with Crippen molar-refractivity contribution < 1.29 is 12.8 Å². The summed E-state index contributed by atoms with van der Waals surface area (Å²) in [5.74, 6) is -0.664. The number of hydrogen-bond acceptors (Lipinski definition) is 1. The van der Waals surface area contributed by atoms with Crippen LogP contribution in [0.5, 0.6) is 0 Å². The minimum atomic E-state index is -0.664. The first-order valence-electron chi connectivity index (χ1n) is 8.64. The first-order valence-corrected chi connectivity index (χ1v) is 8.64. The number of allylic oxidation sites excluding steroid dienone is 2. The number of carboxylic acid groups (broad SMARTS) is 1. The van der Waals surface area contributed by atoms with Gasteiger partial charge < -0.3 is 7.96 Å². The van der Waals surface area contributed by atoms with Crippen LogP contribution < -0.4 is 0 Å². The van der Waals surface area contributed by atoms with Crippen molar-refractivity contribution in [3.05, 3.63) is 12.2 Å². The van der Waals surface area contributed by atoms with E-state index in [0.29, 0.717) is 6.42 Å². The Kier molecular flexibility index (Phi) is 30.1. The number of halogens is 1. The Labute approximate surface area is 176 Å². The molecule has 0 spiro atoms. The van der Waals surface area contributed by atoms with Crippen LogP contribution in [0.15, 0.2) is 12.2 Å². The third-order valence-corrected chi connectivity index (χ3v) is 3.65. The van der Waals surface area contributed by atoms with Crippen molar-refractivity contribution in [1.29, 1.82) is 0 Å². The summed E-state index contributed by atoms with van der Waals surface area (Å²) in [7, 11) is 0. The van der Waals surface area contributed by atoms with Gasteiger partial charge in [-0.3, -0.25) is 4.79 Å². The van der Waals surface area contributed by atoms with Crippen molar-refractivity contribution in [3.8, 4) is 0 Å². The quantitative estimate of drug-likeness (QED) is 0.209. The summed E-state index contributed by atoms with van der Waals surface area (Å²) in [6.07, 6.45) is 21.2. The standard InChI is InChI=1S/C18H34O2.Ca.ClH.2H/c1-2-3-4-5-6-7-8-9-10-11-12-13-14-15-16-17-18(19)20;;;;/h9-10H,2-8,11-17H2,1H3,(H,19,20);;1H;;/q;+2;;2*-1/b10-9-;;;;. The maximum Gasteiger partial charge on any atom is 2.00 e. The average Bonchev–Trinajstić information content (AvgIpc) is 2.43. The predicted molar refractivity (Wildman–Crippen MR) is 102 cm³/mol. The molecule has 0 aliphatic rings. The predicted octanol–water partition coefficient (Wildman–Crippen LogP) is 6.37. The summed E-state index contributed by atoms with van der Waals surface area (Å²) in [6.45, 7) is 2.26. The van der Waals surface area contributed by atoms with Gasteiger partial charge in [-0.25, -0.2) is 0 Å². The van der Waals surface area contributed by atoms with E-state index >= 15 is 0 Å². The van der Waals surface area contributed by atoms with Crippen molar-refractivity contribution in [2.75, 3.05) is 0 Å². The number of unbranched alkanes of at least 4 members (excludes halogenated alkanes) is 11. The van der Waals surface area contributed by atoms with Crippen molar-refractivity contribution in [2.24, 2.45) is 0 Å². The molecule has 0 aliphatic heterocycles. The molecular formula is C18H37CaClO2. The maximum absolute atomic E-state index is 10.3. The molecule has 22 heavy (non-hydrogen) atoms. The van der Waals surface area contributed by atoms with E-state index < -0.39 is 5.97 Å². The third kappa shape index (κ3) is 25.7. The van der Waals surface area contributed by atoms with Crippen LogP contribution in [0.2, 0.25) is 0 Å². The van der Waals surface area contributed by atoms with Gasteiger partial charge in [-0.1, -0.05) is 70.4 Å². The van der Waals surface area contributed by atoms with Crippen LogP contribution in [0.4, 0.5) is 0 Å². The molecule has 0 radical (unpaired) electrons. The largest absolute Gasteiger partial charge is 2.00 e. The zero-order chi connectivity index (χ0) is 14.9. The molecule has 0 bridgehead atoms. The Hall–Kier alpha value is 0.760. The van der Waals surface area contributed by atoms with Gasteiger partial charge in [0, 0.05) is 6.42 Å². The van der Waals surface area contributed by atoms with E-state index in [4.69, 9.17) is 5.11 Å². The molecule has 4 heteroatoms. The summed E-state index contributed by atoms with van der Waals surface area (Å²) < 4.78 is 0. The van der Waals surface area contributed by atoms with E-state index in [1.165, 1.54) is 70.6 Å². The van der Waals surface area contributed by atoms with Gasteiger partial charge in [0.05, 0.1) is 0 Å². The second kappa shape index (κ2) is 24.0. The Bertz CT molecular complexity index is 255. The van der Waals surface area contributed by atoms with Crippen LogP contribution in [-0.2, 0) is 4.79 Å². The molecule has 0 rings (SSSR count). The normalized spacial score (nSPS) is 10.2. The smallest absolute Gasteiger partial charge is 1.00 e. The van der Waals surface area contributed by atoms with E-state index in [1.807, 2.05) is 0 Å². The van der Waals surface area contributed by atoms with Crippen molar-refractivity contribution in [1.82, 2.24) is 0 Å². The number of rotatable bonds is 15. The monoisotopic (exact) mass is 360 g/mol. The van der Waals surface area contributed by atoms with Crippen molar-refractivity contribution >= 4 is 56.1 Å². The van der Waals surface area contributed by atoms with Gasteiger partial charge in [0.1, 0.15) is 0 Å². The zero-order valence-corrected chi connectivity index (χ0v) is 17.5. The fraction of sp³-hybridized carbons (Fsp3) is 0.833. The molecule has 2 nitrogen and oxygen atoms in total. The fourth-order valence-corrected chi connectivity index (χ4v) is 2.35. The summed E-state index contributed by atoms with van der Waals surface area (Å²) in [4.78, 5) is 10.3. The van der Waals surface area contributed by atoms with Crippen molar-refractivity contribution in [2.45, 2.75) is 96.8 Å². The molecule has 0 unspecified atom stereocenters. The molecule has 0 saturated heterocycles. The number of carbonyl (C=O) groups is 1. The minimum absolute atomic E-state index is 0. The van der Waals surface area contributed by atoms with Crippen LogP contribution in [0, 0.1) is 0 Å². The second-order valence-electron chi connectivity index (χ2n) is 5.73. The Balaban J connectivity index is -0.000000301. The summed E-state index contributed by atoms with van der Waals surface area (Å²) in [5, 5.41) is 8.51. The van der Waals surface area contributed by atoms with Gasteiger partial charge in [0.2, 0.25) is 0 Å². The SMILES string of the molecule is CCCCCCCC/C=C\CCCCCCCC(=O)O.Cl.[Ca+2].[H-].[H-]. The first kappa shape index (κ1) is 27.6. The van der Waals surface area contributed by atoms with E-state index in [9.17, 15) is 4.79 Å². The molecule has 130 valence electrons. The molecule has 1 N–H and O–H groups in total. The molecule has 0 amide bonds. The van der Waals surface area contributed by atoms with E-state index in [-0.39, 0.29) is 53.0 Å².